The van der Waals surface area contributed by atoms with E-state index < -0.39 is 0 Å². The van der Waals surface area contributed by atoms with E-state index in [0.717, 1.165) is 42.9 Å². The van der Waals surface area contributed by atoms with Crippen molar-refractivity contribution >= 4 is 11.3 Å². The van der Waals surface area contributed by atoms with Gasteiger partial charge in [0.15, 0.2) is 0 Å². The lowest BCUT2D eigenvalue weighted by Gasteiger charge is -2.32. The van der Waals surface area contributed by atoms with E-state index in [2.05, 4.69) is 26.0 Å². The van der Waals surface area contributed by atoms with Crippen LogP contribution in [0.4, 0.5) is 5.82 Å². The zero-order valence-corrected chi connectivity index (χ0v) is 16.7. The van der Waals surface area contributed by atoms with Crippen molar-refractivity contribution in [1.29, 1.82) is 5.26 Å². The number of rotatable bonds is 4. The molecule has 0 aromatic carbocycles. The molecule has 8 nitrogen and oxygen atoms in total. The molecule has 0 saturated carbocycles. The number of pyridine rings is 3. The van der Waals surface area contributed by atoms with Crippen LogP contribution < -0.4 is 9.64 Å². The Kier molecular flexibility index (Phi) is 4.84. The molecule has 8 heteroatoms. The second-order valence-corrected chi connectivity index (χ2v) is 7.45. The monoisotopic (exact) mass is 412 g/mol. The first-order chi connectivity index (χ1) is 15.2. The summed E-state index contributed by atoms with van der Waals surface area (Å²) in [5.41, 5.74) is 2.64. The van der Waals surface area contributed by atoms with E-state index in [0.29, 0.717) is 17.0 Å². The van der Waals surface area contributed by atoms with Crippen LogP contribution in [0.2, 0.25) is 0 Å². The van der Waals surface area contributed by atoms with Crippen molar-refractivity contribution in [3.05, 3.63) is 66.7 Å². The molecule has 0 spiro atoms. The van der Waals surface area contributed by atoms with E-state index in [1.807, 2.05) is 30.3 Å². The Labute approximate surface area is 179 Å². The van der Waals surface area contributed by atoms with Gasteiger partial charge < -0.3 is 14.7 Å². The van der Waals surface area contributed by atoms with Gasteiger partial charge in [-0.25, -0.2) is 14.5 Å². The first-order valence-electron chi connectivity index (χ1n) is 10.1. The van der Waals surface area contributed by atoms with E-state index in [4.69, 9.17) is 4.74 Å². The summed E-state index contributed by atoms with van der Waals surface area (Å²) < 4.78 is 7.48. The molecule has 1 saturated heterocycles. The highest BCUT2D eigenvalue weighted by molar-refractivity contribution is 5.85. The summed E-state index contributed by atoms with van der Waals surface area (Å²) in [6, 6.07) is 13.4. The predicted molar refractivity (Wildman–Crippen MR) is 115 cm³/mol. The van der Waals surface area contributed by atoms with Crippen LogP contribution in [0.1, 0.15) is 18.4 Å². The second-order valence-electron chi connectivity index (χ2n) is 7.45. The van der Waals surface area contributed by atoms with Crippen LogP contribution in [-0.2, 0) is 0 Å². The molecule has 0 atom stereocenters. The Bertz CT molecular complexity index is 1240. The molecule has 0 radical (unpaired) electrons. The third-order valence-electron chi connectivity index (χ3n) is 5.47. The van der Waals surface area contributed by atoms with Crippen LogP contribution in [0.15, 0.2) is 61.2 Å². The summed E-state index contributed by atoms with van der Waals surface area (Å²) >= 11 is 0. The molecule has 4 aromatic heterocycles. The zero-order chi connectivity index (χ0) is 21.2. The summed E-state index contributed by atoms with van der Waals surface area (Å²) in [7, 11) is 0. The number of ether oxygens (including phenoxy) is 1. The first-order valence-corrected chi connectivity index (χ1v) is 10.1. The Morgan fingerprint density at radius 1 is 1.10 bits per heavy atom. The van der Waals surface area contributed by atoms with Gasteiger partial charge in [0.05, 0.1) is 23.5 Å². The number of hydrogen-bond acceptors (Lipinski definition) is 7. The van der Waals surface area contributed by atoms with Crippen LogP contribution >= 0.6 is 0 Å². The fourth-order valence-corrected chi connectivity index (χ4v) is 3.93. The smallest absolute Gasteiger partial charge is 0.213 e. The standard InChI is InChI=1S/C23H20N6O2/c24-12-17-14-27-29-15-18(30)11-20(23(17)29)16-4-5-21(26-13-16)28-9-6-19(7-10-28)31-22-3-1-2-8-25-22/h1-5,8,11,13-15,19,30H,6-7,9-10H2. The molecule has 154 valence electrons. The van der Waals surface area contributed by atoms with Gasteiger partial charge in [0.1, 0.15) is 23.7 Å². The van der Waals surface area contributed by atoms with Crippen molar-refractivity contribution in [2.45, 2.75) is 18.9 Å². The quantitative estimate of drug-likeness (QED) is 0.548. The summed E-state index contributed by atoms with van der Waals surface area (Å²) in [5.74, 6) is 1.64. The SMILES string of the molecule is N#Cc1cnn2cc(O)cc(-c3ccc(N4CCC(Oc5ccccn5)CC4)nc3)c12. The lowest BCUT2D eigenvalue weighted by Crippen LogP contribution is -2.38. The van der Waals surface area contributed by atoms with Gasteiger partial charge in [0.2, 0.25) is 5.88 Å². The maximum absolute atomic E-state index is 10.1. The van der Waals surface area contributed by atoms with Crippen LogP contribution in [0.25, 0.3) is 16.6 Å². The van der Waals surface area contributed by atoms with Crippen molar-refractivity contribution in [1.82, 2.24) is 19.6 Å². The van der Waals surface area contributed by atoms with Crippen molar-refractivity contribution in [2.24, 2.45) is 0 Å². The van der Waals surface area contributed by atoms with Crippen LogP contribution in [0.5, 0.6) is 11.6 Å². The topological polar surface area (TPSA) is 99.6 Å². The maximum atomic E-state index is 10.1. The Hall–Kier alpha value is -4.12. The van der Waals surface area contributed by atoms with E-state index >= 15 is 0 Å². The van der Waals surface area contributed by atoms with Gasteiger partial charge in [-0.2, -0.15) is 10.4 Å². The third kappa shape index (κ3) is 3.73. The van der Waals surface area contributed by atoms with Crippen molar-refractivity contribution in [3.8, 4) is 28.8 Å². The van der Waals surface area contributed by atoms with Gasteiger partial charge in [0.25, 0.3) is 0 Å². The Morgan fingerprint density at radius 2 is 1.97 bits per heavy atom. The molecule has 0 bridgehead atoms. The summed E-state index contributed by atoms with van der Waals surface area (Å²) in [6.45, 7) is 1.70. The van der Waals surface area contributed by atoms with Gasteiger partial charge >= 0.3 is 0 Å². The lowest BCUT2D eigenvalue weighted by atomic mass is 10.0. The van der Waals surface area contributed by atoms with Gasteiger partial charge in [-0.3, -0.25) is 0 Å². The molecule has 1 aliphatic heterocycles. The molecule has 1 fully saturated rings. The average Bonchev–Trinajstić information content (AvgIpc) is 3.23. The number of aromatic hydroxyl groups is 1. The zero-order valence-electron chi connectivity index (χ0n) is 16.7. The highest BCUT2D eigenvalue weighted by atomic mass is 16.5. The molecule has 0 aliphatic carbocycles. The predicted octanol–water partition coefficient (Wildman–Crippen LogP) is 3.42. The molecule has 31 heavy (non-hydrogen) atoms. The number of nitriles is 1. The highest BCUT2D eigenvalue weighted by Gasteiger charge is 2.22. The second kappa shape index (κ2) is 7.95. The Balaban J connectivity index is 1.32. The fourth-order valence-electron chi connectivity index (χ4n) is 3.93. The lowest BCUT2D eigenvalue weighted by molar-refractivity contribution is 0.164. The van der Waals surface area contributed by atoms with Gasteiger partial charge in [-0.05, 0) is 24.3 Å². The van der Waals surface area contributed by atoms with Crippen molar-refractivity contribution < 1.29 is 9.84 Å². The van der Waals surface area contributed by atoms with E-state index in [1.165, 1.54) is 16.9 Å². The molecule has 1 N–H and O–H groups in total. The molecule has 5 heterocycles. The van der Waals surface area contributed by atoms with Gasteiger partial charge in [-0.1, -0.05) is 6.07 Å². The largest absolute Gasteiger partial charge is 0.506 e. The van der Waals surface area contributed by atoms with E-state index in [9.17, 15) is 10.4 Å². The number of aromatic nitrogens is 4. The van der Waals surface area contributed by atoms with Gasteiger partial charge in [0, 0.05) is 55.5 Å². The first kappa shape index (κ1) is 18.9. The van der Waals surface area contributed by atoms with Crippen molar-refractivity contribution in [3.63, 3.8) is 0 Å². The Morgan fingerprint density at radius 3 is 2.68 bits per heavy atom. The number of nitrogens with zero attached hydrogens (tertiary/aromatic N) is 6. The molecule has 5 rings (SSSR count). The van der Waals surface area contributed by atoms with Gasteiger partial charge in [-0.15, -0.1) is 0 Å². The molecule has 0 amide bonds. The highest BCUT2D eigenvalue weighted by Crippen LogP contribution is 2.31. The molecule has 0 unspecified atom stereocenters. The minimum atomic E-state index is 0.0779. The van der Waals surface area contributed by atoms with E-state index in [1.54, 1.807) is 18.5 Å². The number of fused-ring (bicyclic) bond motifs is 1. The van der Waals surface area contributed by atoms with E-state index in [-0.39, 0.29) is 11.9 Å². The van der Waals surface area contributed by atoms with Crippen molar-refractivity contribution in [2.75, 3.05) is 18.0 Å². The molecular weight excluding hydrogens is 392 g/mol. The molecular formula is C23H20N6O2. The summed E-state index contributed by atoms with van der Waals surface area (Å²) in [6.07, 6.45) is 8.44. The number of piperidine rings is 1. The molecule has 1 aliphatic rings. The minimum absolute atomic E-state index is 0.0779. The summed E-state index contributed by atoms with van der Waals surface area (Å²) in [5, 5.41) is 23.6. The number of hydrogen-bond donors (Lipinski definition) is 1. The van der Waals surface area contributed by atoms with Crippen LogP contribution in [0, 0.1) is 11.3 Å². The number of anilines is 1. The van der Waals surface area contributed by atoms with Crippen LogP contribution in [-0.4, -0.2) is 43.9 Å². The molecule has 4 aromatic rings. The maximum Gasteiger partial charge on any atom is 0.213 e. The summed E-state index contributed by atoms with van der Waals surface area (Å²) in [4.78, 5) is 11.1. The van der Waals surface area contributed by atoms with Crippen LogP contribution in [0.3, 0.4) is 0 Å². The minimum Gasteiger partial charge on any atom is -0.506 e. The third-order valence-corrected chi connectivity index (χ3v) is 5.47. The fraction of sp³-hybridized carbons (Fsp3) is 0.217. The normalized spacial score (nSPS) is 14.5. The average molecular weight is 412 g/mol.